The number of fused-ring (bicyclic) bond motifs is 1. The SMILES string of the molecule is C#CCNC(=O)CCNC(=O)c1cccc(-c2cnc3[nH]c(=O)n(C)c3c2)c1. The molecule has 0 saturated heterocycles. The average Bonchev–Trinajstić information content (AvgIpc) is 2.99. The summed E-state index contributed by atoms with van der Waals surface area (Å²) >= 11 is 0. The lowest BCUT2D eigenvalue weighted by molar-refractivity contribution is -0.120. The van der Waals surface area contributed by atoms with E-state index in [1.165, 1.54) is 4.57 Å². The number of nitrogens with zero attached hydrogens (tertiary/aromatic N) is 2. The highest BCUT2D eigenvalue weighted by molar-refractivity contribution is 5.95. The monoisotopic (exact) mass is 377 g/mol. The molecule has 3 rings (SSSR count). The van der Waals surface area contributed by atoms with Gasteiger partial charge in [-0.05, 0) is 23.8 Å². The molecule has 0 aliphatic heterocycles. The lowest BCUT2D eigenvalue weighted by Crippen LogP contribution is -2.30. The molecule has 2 aromatic heterocycles. The molecule has 3 aromatic rings. The van der Waals surface area contributed by atoms with E-state index in [0.717, 1.165) is 11.1 Å². The van der Waals surface area contributed by atoms with Gasteiger partial charge in [0.05, 0.1) is 12.1 Å². The number of rotatable bonds is 6. The fourth-order valence-corrected chi connectivity index (χ4v) is 2.73. The van der Waals surface area contributed by atoms with Gasteiger partial charge in [0, 0.05) is 37.3 Å². The molecule has 3 N–H and O–H groups in total. The predicted octanol–water partition coefficient (Wildman–Crippen LogP) is 0.798. The van der Waals surface area contributed by atoms with Crippen LogP contribution in [0, 0.1) is 12.3 Å². The molecule has 8 nitrogen and oxygen atoms in total. The molecule has 2 heterocycles. The van der Waals surface area contributed by atoms with Crippen molar-refractivity contribution < 1.29 is 9.59 Å². The molecule has 28 heavy (non-hydrogen) atoms. The number of hydrogen-bond donors (Lipinski definition) is 3. The zero-order valence-corrected chi connectivity index (χ0v) is 15.3. The van der Waals surface area contributed by atoms with Crippen LogP contribution in [-0.4, -0.2) is 39.4 Å². The minimum atomic E-state index is -0.283. The van der Waals surface area contributed by atoms with Gasteiger partial charge in [-0.3, -0.25) is 19.1 Å². The second-order valence-electron chi connectivity index (χ2n) is 6.15. The van der Waals surface area contributed by atoms with E-state index in [-0.39, 0.29) is 37.0 Å². The Morgan fingerprint density at radius 2 is 2.07 bits per heavy atom. The van der Waals surface area contributed by atoms with E-state index in [2.05, 4.69) is 26.5 Å². The molecular formula is C20H19N5O3. The fourth-order valence-electron chi connectivity index (χ4n) is 2.73. The molecule has 0 fully saturated rings. The first-order chi connectivity index (χ1) is 13.5. The zero-order chi connectivity index (χ0) is 20.1. The predicted molar refractivity (Wildman–Crippen MR) is 106 cm³/mol. The second kappa shape index (κ2) is 8.22. The first kappa shape index (κ1) is 18.9. The summed E-state index contributed by atoms with van der Waals surface area (Å²) in [5.74, 6) is 1.81. The summed E-state index contributed by atoms with van der Waals surface area (Å²) in [6.07, 6.45) is 6.87. The third kappa shape index (κ3) is 4.10. The first-order valence-electron chi connectivity index (χ1n) is 8.63. The molecule has 0 spiro atoms. The Morgan fingerprint density at radius 1 is 1.25 bits per heavy atom. The van der Waals surface area contributed by atoms with Crippen LogP contribution >= 0.6 is 0 Å². The van der Waals surface area contributed by atoms with Crippen molar-refractivity contribution in [2.24, 2.45) is 7.05 Å². The number of hydrogen-bond acceptors (Lipinski definition) is 4. The number of aryl methyl sites for hydroxylation is 1. The Morgan fingerprint density at radius 3 is 2.86 bits per heavy atom. The highest BCUT2D eigenvalue weighted by Crippen LogP contribution is 2.22. The third-order valence-corrected chi connectivity index (χ3v) is 4.24. The maximum absolute atomic E-state index is 12.4. The van der Waals surface area contributed by atoms with Gasteiger partial charge in [0.15, 0.2) is 5.65 Å². The van der Waals surface area contributed by atoms with Gasteiger partial charge in [-0.15, -0.1) is 6.42 Å². The molecule has 0 atom stereocenters. The van der Waals surface area contributed by atoms with Crippen molar-refractivity contribution in [1.82, 2.24) is 25.2 Å². The van der Waals surface area contributed by atoms with Crippen LogP contribution in [0.1, 0.15) is 16.8 Å². The molecule has 0 saturated carbocycles. The maximum atomic E-state index is 12.4. The lowest BCUT2D eigenvalue weighted by atomic mass is 10.0. The summed E-state index contributed by atoms with van der Waals surface area (Å²) in [4.78, 5) is 42.5. The molecule has 1 aromatic carbocycles. The number of H-pyrrole nitrogens is 1. The fraction of sp³-hybridized carbons (Fsp3) is 0.200. The number of aromatic amines is 1. The van der Waals surface area contributed by atoms with Crippen LogP contribution in [0.25, 0.3) is 22.3 Å². The number of nitrogens with one attached hydrogen (secondary N) is 3. The summed E-state index contributed by atoms with van der Waals surface area (Å²) in [6, 6.07) is 8.89. The number of amides is 2. The van der Waals surface area contributed by atoms with Gasteiger partial charge >= 0.3 is 5.69 Å². The first-order valence-corrected chi connectivity index (χ1v) is 8.63. The molecule has 0 unspecified atom stereocenters. The van der Waals surface area contributed by atoms with Crippen molar-refractivity contribution in [3.63, 3.8) is 0 Å². The molecule has 8 heteroatoms. The number of carbonyl (C=O) groups excluding carboxylic acids is 2. The summed E-state index contributed by atoms with van der Waals surface area (Å²) in [7, 11) is 1.66. The van der Waals surface area contributed by atoms with Crippen molar-refractivity contribution in [2.75, 3.05) is 13.1 Å². The Labute approximate surface area is 161 Å². The highest BCUT2D eigenvalue weighted by atomic mass is 16.2. The van der Waals surface area contributed by atoms with Gasteiger partial charge in [0.25, 0.3) is 5.91 Å². The van der Waals surface area contributed by atoms with E-state index in [9.17, 15) is 14.4 Å². The number of terminal acetylenes is 1. The van der Waals surface area contributed by atoms with Crippen molar-refractivity contribution in [3.8, 4) is 23.5 Å². The highest BCUT2D eigenvalue weighted by Gasteiger charge is 2.10. The Hall–Kier alpha value is -3.86. The summed E-state index contributed by atoms with van der Waals surface area (Å²) in [6.45, 7) is 0.373. The van der Waals surface area contributed by atoms with Crippen LogP contribution < -0.4 is 16.3 Å². The summed E-state index contributed by atoms with van der Waals surface area (Å²) < 4.78 is 1.48. The van der Waals surface area contributed by atoms with E-state index in [1.54, 1.807) is 31.4 Å². The van der Waals surface area contributed by atoms with E-state index >= 15 is 0 Å². The van der Waals surface area contributed by atoms with Crippen LogP contribution in [-0.2, 0) is 11.8 Å². The normalized spacial score (nSPS) is 10.4. The van der Waals surface area contributed by atoms with Crippen molar-refractivity contribution in [2.45, 2.75) is 6.42 Å². The number of benzene rings is 1. The standard InChI is InChI=1S/C20H19N5O3/c1-3-8-21-17(26)7-9-22-19(27)14-6-4-5-13(10-14)15-11-16-18(23-12-15)24-20(28)25(16)2/h1,4-6,10-12H,7-9H2,2H3,(H,21,26)(H,22,27)(H,23,24,28). The van der Waals surface area contributed by atoms with Crippen LogP contribution in [0.4, 0.5) is 0 Å². The van der Waals surface area contributed by atoms with Gasteiger partial charge in [-0.2, -0.15) is 0 Å². The average molecular weight is 377 g/mol. The summed E-state index contributed by atoms with van der Waals surface area (Å²) in [5.41, 5.74) is 2.99. The number of carbonyl (C=O) groups is 2. The van der Waals surface area contributed by atoms with Crippen LogP contribution in [0.2, 0.25) is 0 Å². The summed E-state index contributed by atoms with van der Waals surface area (Å²) in [5, 5.41) is 5.25. The molecule has 142 valence electrons. The topological polar surface area (TPSA) is 109 Å². The molecule has 0 radical (unpaired) electrons. The minimum absolute atomic E-state index is 0.148. The van der Waals surface area contributed by atoms with Crippen LogP contribution in [0.15, 0.2) is 41.3 Å². The Balaban J connectivity index is 1.72. The largest absolute Gasteiger partial charge is 0.352 e. The molecule has 0 aliphatic rings. The lowest BCUT2D eigenvalue weighted by Gasteiger charge is -2.07. The van der Waals surface area contributed by atoms with E-state index in [1.807, 2.05) is 12.1 Å². The number of pyridine rings is 1. The maximum Gasteiger partial charge on any atom is 0.327 e. The van der Waals surface area contributed by atoms with Crippen LogP contribution in [0.5, 0.6) is 0 Å². The molecule has 0 bridgehead atoms. The van der Waals surface area contributed by atoms with E-state index < -0.39 is 0 Å². The quantitative estimate of drug-likeness (QED) is 0.552. The van der Waals surface area contributed by atoms with Crippen molar-refractivity contribution in [1.29, 1.82) is 0 Å². The minimum Gasteiger partial charge on any atom is -0.352 e. The number of imidazole rings is 1. The van der Waals surface area contributed by atoms with Gasteiger partial charge < -0.3 is 10.6 Å². The van der Waals surface area contributed by atoms with E-state index in [0.29, 0.717) is 16.7 Å². The zero-order valence-electron chi connectivity index (χ0n) is 15.3. The molecular weight excluding hydrogens is 358 g/mol. The Kier molecular flexibility index (Phi) is 5.56. The molecule has 0 aliphatic carbocycles. The smallest absolute Gasteiger partial charge is 0.327 e. The third-order valence-electron chi connectivity index (χ3n) is 4.24. The van der Waals surface area contributed by atoms with Gasteiger partial charge in [0.1, 0.15) is 0 Å². The second-order valence-corrected chi connectivity index (χ2v) is 6.15. The van der Waals surface area contributed by atoms with Crippen molar-refractivity contribution >= 4 is 23.0 Å². The van der Waals surface area contributed by atoms with Crippen LogP contribution in [0.3, 0.4) is 0 Å². The van der Waals surface area contributed by atoms with Crippen molar-refractivity contribution in [3.05, 3.63) is 52.6 Å². The van der Waals surface area contributed by atoms with Gasteiger partial charge in [-0.1, -0.05) is 18.1 Å². The van der Waals surface area contributed by atoms with E-state index in [4.69, 9.17) is 6.42 Å². The van der Waals surface area contributed by atoms with Gasteiger partial charge in [0.2, 0.25) is 5.91 Å². The number of aromatic nitrogens is 3. The van der Waals surface area contributed by atoms with Gasteiger partial charge in [-0.25, -0.2) is 9.78 Å². The molecule has 2 amide bonds. The Bertz CT molecular complexity index is 1140.